The molecule has 1 amide bonds. The maximum absolute atomic E-state index is 12.9. The van der Waals surface area contributed by atoms with Gasteiger partial charge in [0.25, 0.3) is 0 Å². The first-order chi connectivity index (χ1) is 14.5. The van der Waals surface area contributed by atoms with Crippen LogP contribution in [-0.4, -0.2) is 51.3 Å². The molecule has 6 rings (SSSR count). The molecule has 2 fully saturated rings. The Morgan fingerprint density at radius 1 is 1.33 bits per heavy atom. The molecule has 3 aromatic rings. The van der Waals surface area contributed by atoms with Crippen LogP contribution in [0.3, 0.4) is 0 Å². The number of anilines is 1. The average Bonchev–Trinajstić information content (AvgIpc) is 3.07. The highest BCUT2D eigenvalue weighted by Gasteiger charge is 2.53. The SMILES string of the molecule is CN(C(=O)C1CCOCC1)c1cnc2nc(-c3n[nH]c4c3C[C@@H]3C[C@]3(C)C4)[nH]c2c1. The predicted octanol–water partition coefficient (Wildman–Crippen LogP) is 2.86. The molecule has 2 aliphatic carbocycles. The number of hydrogen-bond acceptors (Lipinski definition) is 5. The molecule has 8 heteroatoms. The number of rotatable bonds is 3. The van der Waals surface area contributed by atoms with E-state index in [4.69, 9.17) is 4.74 Å². The van der Waals surface area contributed by atoms with Crippen LogP contribution in [0.25, 0.3) is 22.7 Å². The molecule has 0 spiro atoms. The highest BCUT2D eigenvalue weighted by molar-refractivity contribution is 5.95. The van der Waals surface area contributed by atoms with Gasteiger partial charge in [-0.2, -0.15) is 5.10 Å². The van der Waals surface area contributed by atoms with Crippen LogP contribution in [0.1, 0.15) is 37.4 Å². The molecule has 156 valence electrons. The van der Waals surface area contributed by atoms with Gasteiger partial charge in [-0.1, -0.05) is 6.92 Å². The average molecular weight is 406 g/mol. The Hall–Kier alpha value is -2.74. The highest BCUT2D eigenvalue weighted by Crippen LogP contribution is 2.59. The van der Waals surface area contributed by atoms with Gasteiger partial charge in [-0.15, -0.1) is 0 Å². The molecule has 0 unspecified atom stereocenters. The van der Waals surface area contributed by atoms with Crippen molar-refractivity contribution in [2.75, 3.05) is 25.2 Å². The summed E-state index contributed by atoms with van der Waals surface area (Å²) in [5.74, 6) is 1.64. The number of aromatic nitrogens is 5. The number of carbonyl (C=O) groups excluding carboxylic acids is 1. The van der Waals surface area contributed by atoms with Gasteiger partial charge in [0, 0.05) is 37.4 Å². The fraction of sp³-hybridized carbons (Fsp3) is 0.545. The van der Waals surface area contributed by atoms with Crippen molar-refractivity contribution in [3.05, 3.63) is 23.5 Å². The molecular weight excluding hydrogens is 380 g/mol. The van der Waals surface area contributed by atoms with E-state index in [1.807, 2.05) is 13.1 Å². The van der Waals surface area contributed by atoms with Crippen molar-refractivity contribution in [2.45, 2.75) is 39.0 Å². The van der Waals surface area contributed by atoms with Crippen LogP contribution in [0.4, 0.5) is 5.69 Å². The lowest BCUT2D eigenvalue weighted by Gasteiger charge is -2.26. The molecule has 3 aromatic heterocycles. The van der Waals surface area contributed by atoms with E-state index >= 15 is 0 Å². The predicted molar refractivity (Wildman–Crippen MR) is 112 cm³/mol. The van der Waals surface area contributed by atoms with Gasteiger partial charge >= 0.3 is 0 Å². The third-order valence-electron chi connectivity index (χ3n) is 7.36. The quantitative estimate of drug-likeness (QED) is 0.697. The lowest BCUT2D eigenvalue weighted by atomic mass is 9.88. The largest absolute Gasteiger partial charge is 0.381 e. The zero-order chi connectivity index (χ0) is 20.5. The van der Waals surface area contributed by atoms with Crippen molar-refractivity contribution >= 4 is 22.8 Å². The summed E-state index contributed by atoms with van der Waals surface area (Å²) in [6, 6.07) is 1.95. The zero-order valence-electron chi connectivity index (χ0n) is 17.4. The summed E-state index contributed by atoms with van der Waals surface area (Å²) >= 11 is 0. The third kappa shape index (κ3) is 2.77. The smallest absolute Gasteiger partial charge is 0.230 e. The fourth-order valence-corrected chi connectivity index (χ4v) is 5.18. The fourth-order valence-electron chi connectivity index (χ4n) is 5.18. The van der Waals surface area contributed by atoms with E-state index in [-0.39, 0.29) is 11.8 Å². The van der Waals surface area contributed by atoms with E-state index < -0.39 is 0 Å². The van der Waals surface area contributed by atoms with Crippen LogP contribution in [0.15, 0.2) is 12.3 Å². The number of hydrogen-bond donors (Lipinski definition) is 2. The number of pyridine rings is 1. The maximum atomic E-state index is 12.9. The molecule has 2 atom stereocenters. The van der Waals surface area contributed by atoms with Gasteiger partial charge in [0.15, 0.2) is 11.5 Å². The minimum absolute atomic E-state index is 0.0143. The number of nitrogens with zero attached hydrogens (tertiary/aromatic N) is 4. The molecule has 3 aliphatic rings. The monoisotopic (exact) mass is 406 g/mol. The number of H-pyrrole nitrogens is 2. The van der Waals surface area contributed by atoms with Crippen LogP contribution in [0, 0.1) is 17.3 Å². The van der Waals surface area contributed by atoms with Crippen molar-refractivity contribution in [1.82, 2.24) is 25.1 Å². The molecule has 8 nitrogen and oxygen atoms in total. The molecule has 0 bridgehead atoms. The number of amides is 1. The number of nitrogens with one attached hydrogen (secondary N) is 2. The summed E-state index contributed by atoms with van der Waals surface area (Å²) in [4.78, 5) is 27.1. The summed E-state index contributed by atoms with van der Waals surface area (Å²) in [5, 5.41) is 7.81. The Labute approximate surface area is 174 Å². The van der Waals surface area contributed by atoms with Gasteiger partial charge < -0.3 is 14.6 Å². The lowest BCUT2D eigenvalue weighted by molar-refractivity contribution is -0.124. The Morgan fingerprint density at radius 2 is 2.17 bits per heavy atom. The standard InChI is InChI=1S/C22H26N6O2/c1-22-9-13(22)7-15-17(10-22)26-27-18(15)20-24-16-8-14(11-23-19(16)25-20)28(2)21(29)12-3-5-30-6-4-12/h8,11-13H,3-7,9-10H2,1-2H3,(H,26,27)(H,23,24,25)/t13-,22-/m1/s1. The van der Waals surface area contributed by atoms with Gasteiger partial charge in [-0.05, 0) is 49.5 Å². The Balaban J connectivity index is 1.29. The first-order valence-corrected chi connectivity index (χ1v) is 10.8. The summed E-state index contributed by atoms with van der Waals surface area (Å²) < 4.78 is 5.38. The Bertz CT molecular complexity index is 1140. The summed E-state index contributed by atoms with van der Waals surface area (Å²) in [6.45, 7) is 3.67. The van der Waals surface area contributed by atoms with Crippen molar-refractivity contribution in [2.24, 2.45) is 17.3 Å². The van der Waals surface area contributed by atoms with E-state index in [1.165, 1.54) is 17.7 Å². The molecule has 1 saturated heterocycles. The zero-order valence-corrected chi connectivity index (χ0v) is 17.4. The first kappa shape index (κ1) is 18.1. The highest BCUT2D eigenvalue weighted by atomic mass is 16.5. The van der Waals surface area contributed by atoms with Crippen molar-refractivity contribution < 1.29 is 9.53 Å². The van der Waals surface area contributed by atoms with Crippen LogP contribution in [-0.2, 0) is 22.4 Å². The van der Waals surface area contributed by atoms with Crippen molar-refractivity contribution in [3.63, 3.8) is 0 Å². The lowest BCUT2D eigenvalue weighted by Crippen LogP contribution is -2.36. The van der Waals surface area contributed by atoms with Crippen molar-refractivity contribution in [1.29, 1.82) is 0 Å². The van der Waals surface area contributed by atoms with E-state index in [1.54, 1.807) is 11.1 Å². The van der Waals surface area contributed by atoms with E-state index in [0.29, 0.717) is 24.3 Å². The van der Waals surface area contributed by atoms with Gasteiger partial charge in [0.2, 0.25) is 5.91 Å². The molecular formula is C22H26N6O2. The van der Waals surface area contributed by atoms with Crippen LogP contribution >= 0.6 is 0 Å². The minimum Gasteiger partial charge on any atom is -0.381 e. The normalized spacial score (nSPS) is 25.7. The molecule has 0 radical (unpaired) electrons. The van der Waals surface area contributed by atoms with Crippen LogP contribution < -0.4 is 4.90 Å². The third-order valence-corrected chi connectivity index (χ3v) is 7.36. The molecule has 30 heavy (non-hydrogen) atoms. The Morgan fingerprint density at radius 3 is 3.00 bits per heavy atom. The summed E-state index contributed by atoms with van der Waals surface area (Å²) in [7, 11) is 1.81. The first-order valence-electron chi connectivity index (χ1n) is 10.8. The number of ether oxygens (including phenoxy) is 1. The van der Waals surface area contributed by atoms with Gasteiger partial charge in [-0.3, -0.25) is 9.89 Å². The van der Waals surface area contributed by atoms with E-state index in [9.17, 15) is 4.79 Å². The minimum atomic E-state index is 0.0143. The van der Waals surface area contributed by atoms with Gasteiger partial charge in [0.05, 0.1) is 17.4 Å². The maximum Gasteiger partial charge on any atom is 0.230 e. The number of fused-ring (bicyclic) bond motifs is 3. The molecule has 2 N–H and O–H groups in total. The Kier molecular flexibility index (Phi) is 3.84. The molecule has 1 aliphatic heterocycles. The van der Waals surface area contributed by atoms with E-state index in [0.717, 1.165) is 54.3 Å². The second-order valence-electron chi connectivity index (χ2n) is 9.40. The molecule has 4 heterocycles. The summed E-state index contributed by atoms with van der Waals surface area (Å²) in [6.07, 6.45) is 6.71. The van der Waals surface area contributed by atoms with Crippen molar-refractivity contribution in [3.8, 4) is 11.5 Å². The van der Waals surface area contributed by atoms with Gasteiger partial charge in [-0.25, -0.2) is 9.97 Å². The second kappa shape index (κ2) is 6.38. The number of aromatic amines is 2. The summed E-state index contributed by atoms with van der Waals surface area (Å²) in [5.41, 5.74) is 6.14. The molecule has 1 saturated carbocycles. The number of imidazole rings is 1. The van der Waals surface area contributed by atoms with Crippen LogP contribution in [0.2, 0.25) is 0 Å². The topological polar surface area (TPSA) is 99.8 Å². The van der Waals surface area contributed by atoms with Gasteiger partial charge in [0.1, 0.15) is 5.69 Å². The number of carbonyl (C=O) groups is 1. The second-order valence-corrected chi connectivity index (χ2v) is 9.40. The van der Waals surface area contributed by atoms with E-state index in [2.05, 4.69) is 32.1 Å². The van der Waals surface area contributed by atoms with Crippen LogP contribution in [0.5, 0.6) is 0 Å². The molecule has 0 aromatic carbocycles.